The van der Waals surface area contributed by atoms with E-state index in [-0.39, 0.29) is 6.61 Å². The fraction of sp³-hybridized carbons (Fsp3) is 0.0952. The number of carbonyl (C=O) groups is 2. The molecular formula is C21H16ClN3O3S. The van der Waals surface area contributed by atoms with Gasteiger partial charge in [0.05, 0.1) is 16.4 Å². The molecule has 4 aromatic rings. The van der Waals surface area contributed by atoms with Gasteiger partial charge in [-0.2, -0.15) is 5.10 Å². The van der Waals surface area contributed by atoms with Gasteiger partial charge in [0, 0.05) is 11.1 Å². The van der Waals surface area contributed by atoms with Gasteiger partial charge in [0.25, 0.3) is 5.91 Å². The number of rotatable bonds is 5. The van der Waals surface area contributed by atoms with Crippen molar-refractivity contribution in [2.24, 2.45) is 0 Å². The van der Waals surface area contributed by atoms with E-state index in [1.54, 1.807) is 28.9 Å². The van der Waals surface area contributed by atoms with Crippen LogP contribution >= 0.6 is 22.9 Å². The average Bonchev–Trinajstić information content (AvgIpc) is 3.28. The molecule has 0 aliphatic rings. The van der Waals surface area contributed by atoms with Gasteiger partial charge in [-0.05, 0) is 37.3 Å². The highest BCUT2D eigenvalue weighted by molar-refractivity contribution is 7.20. The van der Waals surface area contributed by atoms with Gasteiger partial charge in [-0.1, -0.05) is 41.9 Å². The van der Waals surface area contributed by atoms with Gasteiger partial charge in [0.15, 0.2) is 6.61 Å². The smallest absolute Gasteiger partial charge is 0.348 e. The van der Waals surface area contributed by atoms with E-state index >= 15 is 0 Å². The van der Waals surface area contributed by atoms with Gasteiger partial charge in [-0.3, -0.25) is 4.79 Å². The normalized spacial score (nSPS) is 10.8. The van der Waals surface area contributed by atoms with Gasteiger partial charge >= 0.3 is 5.97 Å². The lowest BCUT2D eigenvalue weighted by atomic mass is 10.3. The molecular weight excluding hydrogens is 410 g/mol. The second-order valence-corrected chi connectivity index (χ2v) is 7.71. The number of nitrogens with one attached hydrogen (secondary N) is 1. The summed E-state index contributed by atoms with van der Waals surface area (Å²) in [4.78, 5) is 25.6. The van der Waals surface area contributed by atoms with Crippen LogP contribution in [-0.4, -0.2) is 28.3 Å². The number of hydrogen-bond acceptors (Lipinski definition) is 5. The summed E-state index contributed by atoms with van der Waals surface area (Å²) in [7, 11) is 0. The number of para-hydroxylation sites is 2. The summed E-state index contributed by atoms with van der Waals surface area (Å²) in [5.41, 5.74) is 2.15. The number of nitrogens with zero attached hydrogens (tertiary/aromatic N) is 2. The summed E-state index contributed by atoms with van der Waals surface area (Å²) in [6.07, 6.45) is 0. The summed E-state index contributed by atoms with van der Waals surface area (Å²) < 4.78 is 6.89. The van der Waals surface area contributed by atoms with Crippen molar-refractivity contribution in [2.75, 3.05) is 11.9 Å². The van der Waals surface area contributed by atoms with Gasteiger partial charge in [-0.15, -0.1) is 11.3 Å². The highest BCUT2D eigenvalue weighted by Crippen LogP contribution is 2.32. The molecule has 2 heterocycles. The van der Waals surface area contributed by atoms with Crippen LogP contribution in [0.1, 0.15) is 15.4 Å². The molecule has 1 N–H and O–H groups in total. The predicted molar refractivity (Wildman–Crippen MR) is 114 cm³/mol. The molecule has 4 rings (SSSR count). The summed E-state index contributed by atoms with van der Waals surface area (Å²) in [5, 5.41) is 8.61. The van der Waals surface area contributed by atoms with E-state index in [2.05, 4.69) is 10.4 Å². The van der Waals surface area contributed by atoms with Crippen molar-refractivity contribution in [1.29, 1.82) is 0 Å². The lowest BCUT2D eigenvalue weighted by Crippen LogP contribution is -2.20. The number of anilines is 1. The molecule has 0 aliphatic carbocycles. The Morgan fingerprint density at radius 3 is 2.62 bits per heavy atom. The van der Waals surface area contributed by atoms with Crippen molar-refractivity contribution >= 4 is 50.7 Å². The van der Waals surface area contributed by atoms with Gasteiger partial charge in [-0.25, -0.2) is 9.48 Å². The minimum Gasteiger partial charge on any atom is -0.451 e. The molecule has 0 aliphatic heterocycles. The Bertz CT molecular complexity index is 1200. The Hall–Kier alpha value is -3.16. The zero-order chi connectivity index (χ0) is 20.4. The van der Waals surface area contributed by atoms with Gasteiger partial charge < -0.3 is 10.1 Å². The van der Waals surface area contributed by atoms with Crippen LogP contribution in [0, 0.1) is 6.92 Å². The Kier molecular flexibility index (Phi) is 5.33. The average molecular weight is 426 g/mol. The quantitative estimate of drug-likeness (QED) is 0.464. The molecule has 29 heavy (non-hydrogen) atoms. The third-order valence-electron chi connectivity index (χ3n) is 4.22. The number of ether oxygens (including phenoxy) is 1. The van der Waals surface area contributed by atoms with Crippen molar-refractivity contribution in [2.45, 2.75) is 6.92 Å². The molecule has 0 saturated carbocycles. The molecule has 6 nitrogen and oxygen atoms in total. The molecule has 8 heteroatoms. The number of thiophene rings is 1. The zero-order valence-electron chi connectivity index (χ0n) is 15.4. The molecule has 2 aromatic heterocycles. The first-order valence-electron chi connectivity index (χ1n) is 8.79. The van der Waals surface area contributed by atoms with E-state index in [0.717, 1.165) is 21.6 Å². The third kappa shape index (κ3) is 4.01. The maximum Gasteiger partial charge on any atom is 0.348 e. The number of carbonyl (C=O) groups excluding carboxylic acids is 2. The summed E-state index contributed by atoms with van der Waals surface area (Å²) in [5.74, 6) is -0.955. The lowest BCUT2D eigenvalue weighted by molar-refractivity contribution is -0.119. The Labute approximate surface area is 175 Å². The van der Waals surface area contributed by atoms with E-state index in [1.807, 2.05) is 43.3 Å². The van der Waals surface area contributed by atoms with Crippen molar-refractivity contribution in [3.05, 3.63) is 76.3 Å². The SMILES string of the molecule is Cc1nn(-c2ccccc2Cl)c2sc(C(=O)OCC(=O)Nc3ccccc3)cc12. The fourth-order valence-electron chi connectivity index (χ4n) is 2.86. The van der Waals surface area contributed by atoms with E-state index in [9.17, 15) is 9.59 Å². The van der Waals surface area contributed by atoms with Gasteiger partial charge in [0.2, 0.25) is 0 Å². The number of aromatic nitrogens is 2. The molecule has 0 unspecified atom stereocenters. The van der Waals surface area contributed by atoms with E-state index < -0.39 is 11.9 Å². The molecule has 1 amide bonds. The number of halogens is 1. The number of benzene rings is 2. The number of esters is 1. The minimum absolute atomic E-state index is 0.363. The molecule has 0 bridgehead atoms. The monoisotopic (exact) mass is 425 g/mol. The zero-order valence-corrected chi connectivity index (χ0v) is 17.0. The summed E-state index contributed by atoms with van der Waals surface area (Å²) >= 11 is 7.54. The first kappa shape index (κ1) is 19.2. The first-order valence-corrected chi connectivity index (χ1v) is 9.98. The molecule has 0 spiro atoms. The van der Waals surface area contributed by atoms with Crippen LogP contribution in [0.3, 0.4) is 0 Å². The van der Waals surface area contributed by atoms with Crippen molar-refractivity contribution < 1.29 is 14.3 Å². The maximum atomic E-state index is 12.4. The largest absolute Gasteiger partial charge is 0.451 e. The van der Waals surface area contributed by atoms with Crippen molar-refractivity contribution in [3.8, 4) is 5.69 Å². The van der Waals surface area contributed by atoms with Crippen LogP contribution in [0.25, 0.3) is 15.9 Å². The Morgan fingerprint density at radius 1 is 1.14 bits per heavy atom. The van der Waals surface area contributed by atoms with Gasteiger partial charge in [0.1, 0.15) is 9.71 Å². The summed E-state index contributed by atoms with van der Waals surface area (Å²) in [6, 6.07) is 18.1. The predicted octanol–water partition coefficient (Wildman–Crippen LogP) is 4.84. The van der Waals surface area contributed by atoms with Crippen LogP contribution in [0.5, 0.6) is 0 Å². The Balaban J connectivity index is 1.51. The fourth-order valence-corrected chi connectivity index (χ4v) is 4.14. The molecule has 0 atom stereocenters. The lowest BCUT2D eigenvalue weighted by Gasteiger charge is -2.06. The number of amides is 1. The van der Waals surface area contributed by atoms with E-state index in [1.165, 1.54) is 11.3 Å². The second-order valence-electron chi connectivity index (χ2n) is 6.27. The van der Waals surface area contributed by atoms with Crippen LogP contribution in [0.4, 0.5) is 5.69 Å². The number of hydrogen-bond donors (Lipinski definition) is 1. The standard InChI is InChI=1S/C21H16ClN3O3S/c1-13-15-11-18(21(27)28-12-19(26)23-14-7-3-2-4-8-14)29-20(15)25(24-13)17-10-6-5-9-16(17)22/h2-11H,12H2,1H3,(H,23,26). The molecule has 146 valence electrons. The first-order chi connectivity index (χ1) is 14.0. The highest BCUT2D eigenvalue weighted by Gasteiger charge is 2.19. The molecule has 0 fully saturated rings. The highest BCUT2D eigenvalue weighted by atomic mass is 35.5. The molecule has 0 saturated heterocycles. The topological polar surface area (TPSA) is 73.2 Å². The van der Waals surface area contributed by atoms with Crippen LogP contribution in [0.15, 0.2) is 60.7 Å². The second kappa shape index (κ2) is 8.06. The van der Waals surface area contributed by atoms with Crippen molar-refractivity contribution in [3.63, 3.8) is 0 Å². The van der Waals surface area contributed by atoms with Crippen LogP contribution in [0.2, 0.25) is 5.02 Å². The van der Waals surface area contributed by atoms with Crippen LogP contribution in [-0.2, 0) is 9.53 Å². The summed E-state index contributed by atoms with van der Waals surface area (Å²) in [6.45, 7) is 1.50. The van der Waals surface area contributed by atoms with Crippen LogP contribution < -0.4 is 5.32 Å². The third-order valence-corrected chi connectivity index (χ3v) is 5.63. The Morgan fingerprint density at radius 2 is 1.86 bits per heavy atom. The number of fused-ring (bicyclic) bond motifs is 1. The minimum atomic E-state index is -0.556. The molecule has 0 radical (unpaired) electrons. The maximum absolute atomic E-state index is 12.4. The van der Waals surface area contributed by atoms with Crippen molar-refractivity contribution in [1.82, 2.24) is 9.78 Å². The number of aryl methyl sites for hydroxylation is 1. The molecule has 2 aromatic carbocycles. The van der Waals surface area contributed by atoms with E-state index in [4.69, 9.17) is 16.3 Å². The van der Waals surface area contributed by atoms with E-state index in [0.29, 0.717) is 15.6 Å².